The maximum atomic E-state index is 11.7. The molecule has 0 radical (unpaired) electrons. The second-order valence-corrected chi connectivity index (χ2v) is 8.80. The van der Waals surface area contributed by atoms with Crippen LogP contribution in [0.25, 0.3) is 0 Å². The van der Waals surface area contributed by atoms with Gasteiger partial charge in [0.1, 0.15) is 11.0 Å². The van der Waals surface area contributed by atoms with E-state index in [0.717, 1.165) is 19.3 Å². The predicted molar refractivity (Wildman–Crippen MR) is 104 cm³/mol. The molecule has 0 saturated heterocycles. The van der Waals surface area contributed by atoms with Gasteiger partial charge >= 0.3 is 0 Å². The molecule has 1 atom stereocenters. The van der Waals surface area contributed by atoms with Crippen LogP contribution in [-0.2, 0) is 14.9 Å². The summed E-state index contributed by atoms with van der Waals surface area (Å²) in [5, 5.41) is -1.15. The summed E-state index contributed by atoms with van der Waals surface area (Å²) in [6.45, 7) is 2.02. The van der Waals surface area contributed by atoms with Gasteiger partial charge in [0.25, 0.3) is 10.1 Å². The van der Waals surface area contributed by atoms with E-state index in [-0.39, 0.29) is 18.7 Å². The van der Waals surface area contributed by atoms with Crippen LogP contribution in [0, 0.1) is 0 Å². The van der Waals surface area contributed by atoms with Crippen molar-refractivity contribution >= 4 is 15.9 Å². The standard InChI is InChI=1S/C19H39NO4S/c1-2-3-4-5-6-7-8-9-10-11-12-13-14-15-18(21)16-19(17-20)25(22,23)24/h19H,2-17,20H2,1H3,(H,22,23,24). The lowest BCUT2D eigenvalue weighted by molar-refractivity contribution is -0.119. The van der Waals surface area contributed by atoms with Crippen molar-refractivity contribution in [3.63, 3.8) is 0 Å². The molecule has 0 bridgehead atoms. The highest BCUT2D eigenvalue weighted by Crippen LogP contribution is 2.14. The van der Waals surface area contributed by atoms with Crippen molar-refractivity contribution in [2.24, 2.45) is 5.73 Å². The van der Waals surface area contributed by atoms with Gasteiger partial charge < -0.3 is 5.73 Å². The predicted octanol–water partition coefficient (Wildman–Crippen LogP) is 4.64. The number of Topliss-reactive ketones (excluding diaryl/α,β-unsaturated/α-hetero) is 1. The number of ketones is 1. The number of unbranched alkanes of at least 4 members (excludes halogenated alkanes) is 12. The van der Waals surface area contributed by atoms with Gasteiger partial charge in [-0.3, -0.25) is 9.35 Å². The number of nitrogens with two attached hydrogens (primary N) is 1. The lowest BCUT2D eigenvalue weighted by Gasteiger charge is -2.10. The van der Waals surface area contributed by atoms with Crippen LogP contribution < -0.4 is 5.73 Å². The lowest BCUT2D eigenvalue weighted by atomic mass is 10.0. The Balaban J connectivity index is 3.42. The second kappa shape index (κ2) is 15.8. The topological polar surface area (TPSA) is 97.5 Å². The first kappa shape index (κ1) is 24.5. The van der Waals surface area contributed by atoms with Crippen LogP contribution in [0.4, 0.5) is 0 Å². The number of carbonyl (C=O) groups excluding carboxylic acids is 1. The number of carbonyl (C=O) groups is 1. The lowest BCUT2D eigenvalue weighted by Crippen LogP contribution is -2.31. The molecule has 6 heteroatoms. The third kappa shape index (κ3) is 15.5. The molecule has 3 N–H and O–H groups in total. The maximum Gasteiger partial charge on any atom is 0.269 e. The molecule has 0 amide bonds. The Morgan fingerprint density at radius 1 is 0.840 bits per heavy atom. The van der Waals surface area contributed by atoms with Gasteiger partial charge in [0, 0.05) is 19.4 Å². The van der Waals surface area contributed by atoms with Crippen LogP contribution in [0.2, 0.25) is 0 Å². The molecule has 0 aromatic heterocycles. The van der Waals surface area contributed by atoms with Crippen molar-refractivity contribution in [1.82, 2.24) is 0 Å². The zero-order chi connectivity index (χ0) is 19.0. The molecule has 1 unspecified atom stereocenters. The summed E-state index contributed by atoms with van der Waals surface area (Å²) in [7, 11) is -4.21. The molecule has 150 valence electrons. The molecule has 0 aromatic carbocycles. The number of hydrogen-bond donors (Lipinski definition) is 2. The van der Waals surface area contributed by atoms with E-state index in [0.29, 0.717) is 6.42 Å². The quantitative estimate of drug-likeness (QED) is 0.268. The van der Waals surface area contributed by atoms with Crippen LogP contribution >= 0.6 is 0 Å². The number of rotatable bonds is 18. The molecule has 0 aliphatic carbocycles. The van der Waals surface area contributed by atoms with Crippen LogP contribution in [0.3, 0.4) is 0 Å². The van der Waals surface area contributed by atoms with E-state index in [2.05, 4.69) is 6.92 Å². The van der Waals surface area contributed by atoms with Gasteiger partial charge in [-0.15, -0.1) is 0 Å². The molecule has 5 nitrogen and oxygen atoms in total. The minimum absolute atomic E-state index is 0.129. The molecule has 0 aliphatic rings. The van der Waals surface area contributed by atoms with Crippen LogP contribution in [0.1, 0.15) is 103 Å². The van der Waals surface area contributed by atoms with Crippen LogP contribution in [-0.4, -0.2) is 30.5 Å². The third-order valence-electron chi connectivity index (χ3n) is 4.70. The first-order valence-corrected chi connectivity index (χ1v) is 11.6. The summed E-state index contributed by atoms with van der Waals surface area (Å²) in [5.74, 6) is -0.129. The fourth-order valence-corrected chi connectivity index (χ4v) is 3.65. The average Bonchev–Trinajstić information content (AvgIpc) is 2.55. The Bertz CT molecular complexity index is 423. The normalized spacial score (nSPS) is 13.1. The monoisotopic (exact) mass is 377 g/mol. The van der Waals surface area contributed by atoms with E-state index < -0.39 is 15.4 Å². The van der Waals surface area contributed by atoms with Crippen molar-refractivity contribution in [3.05, 3.63) is 0 Å². The van der Waals surface area contributed by atoms with E-state index in [1.54, 1.807) is 0 Å². The highest BCUT2D eigenvalue weighted by Gasteiger charge is 2.23. The first-order chi connectivity index (χ1) is 11.9. The average molecular weight is 378 g/mol. The molecule has 25 heavy (non-hydrogen) atoms. The van der Waals surface area contributed by atoms with Gasteiger partial charge in [-0.05, 0) is 6.42 Å². The van der Waals surface area contributed by atoms with Gasteiger partial charge in [0.2, 0.25) is 0 Å². The zero-order valence-corrected chi connectivity index (χ0v) is 16.9. The third-order valence-corrected chi connectivity index (χ3v) is 5.90. The highest BCUT2D eigenvalue weighted by atomic mass is 32.2. The van der Waals surface area contributed by atoms with Crippen molar-refractivity contribution in [2.45, 2.75) is 108 Å². The maximum absolute atomic E-state index is 11.7. The summed E-state index contributed by atoms with van der Waals surface area (Å²) in [5.41, 5.74) is 5.29. The van der Waals surface area contributed by atoms with E-state index in [1.807, 2.05) is 0 Å². The molecule has 0 spiro atoms. The Labute approximate surface area is 154 Å². The fraction of sp³-hybridized carbons (Fsp3) is 0.947. The summed E-state index contributed by atoms with van der Waals surface area (Å²) < 4.78 is 31.0. The molecule has 0 heterocycles. The Kier molecular flexibility index (Phi) is 15.5. The van der Waals surface area contributed by atoms with Gasteiger partial charge in [-0.25, -0.2) is 0 Å². The fourth-order valence-electron chi connectivity index (χ4n) is 3.01. The first-order valence-electron chi connectivity index (χ1n) is 10.1. The molecule has 0 saturated carbocycles. The zero-order valence-electron chi connectivity index (χ0n) is 16.0. The largest absolute Gasteiger partial charge is 0.329 e. The summed E-state index contributed by atoms with van der Waals surface area (Å²) in [6, 6.07) is 0. The van der Waals surface area contributed by atoms with Gasteiger partial charge in [0.15, 0.2) is 0 Å². The molecular weight excluding hydrogens is 338 g/mol. The summed E-state index contributed by atoms with van der Waals surface area (Å²) >= 11 is 0. The van der Waals surface area contributed by atoms with Crippen molar-refractivity contribution in [1.29, 1.82) is 0 Å². The summed E-state index contributed by atoms with van der Waals surface area (Å²) in [4.78, 5) is 11.7. The van der Waals surface area contributed by atoms with E-state index in [1.165, 1.54) is 64.2 Å². The van der Waals surface area contributed by atoms with Crippen LogP contribution in [0.15, 0.2) is 0 Å². The minimum atomic E-state index is -4.21. The second-order valence-electron chi connectivity index (χ2n) is 7.11. The van der Waals surface area contributed by atoms with E-state index in [9.17, 15) is 13.2 Å². The molecular formula is C19H39NO4S. The molecule has 0 rings (SSSR count). The van der Waals surface area contributed by atoms with E-state index in [4.69, 9.17) is 10.3 Å². The van der Waals surface area contributed by atoms with Gasteiger partial charge in [-0.2, -0.15) is 8.42 Å². The molecule has 0 aromatic rings. The van der Waals surface area contributed by atoms with Crippen molar-refractivity contribution in [2.75, 3.05) is 6.54 Å². The van der Waals surface area contributed by atoms with Gasteiger partial charge in [0.05, 0.1) is 0 Å². The Hall–Kier alpha value is -0.460. The van der Waals surface area contributed by atoms with E-state index >= 15 is 0 Å². The SMILES string of the molecule is CCCCCCCCCCCCCCCC(=O)CC(CN)S(=O)(=O)O. The minimum Gasteiger partial charge on any atom is -0.329 e. The summed E-state index contributed by atoms with van der Waals surface area (Å²) in [6.07, 6.45) is 16.4. The van der Waals surface area contributed by atoms with Gasteiger partial charge in [-0.1, -0.05) is 84.0 Å². The Morgan fingerprint density at radius 2 is 1.24 bits per heavy atom. The highest BCUT2D eigenvalue weighted by molar-refractivity contribution is 7.86. The molecule has 0 aliphatic heterocycles. The Morgan fingerprint density at radius 3 is 1.60 bits per heavy atom. The van der Waals surface area contributed by atoms with Crippen molar-refractivity contribution < 1.29 is 17.8 Å². The van der Waals surface area contributed by atoms with Crippen molar-refractivity contribution in [3.8, 4) is 0 Å². The molecule has 0 fully saturated rings. The van der Waals surface area contributed by atoms with Crippen LogP contribution in [0.5, 0.6) is 0 Å². The number of hydrogen-bond acceptors (Lipinski definition) is 4. The smallest absolute Gasteiger partial charge is 0.269 e.